The quantitative estimate of drug-likeness (QED) is 0.917. The van der Waals surface area contributed by atoms with Crippen molar-refractivity contribution < 1.29 is 4.74 Å². The summed E-state index contributed by atoms with van der Waals surface area (Å²) in [5.41, 5.74) is 0. The van der Waals surface area contributed by atoms with Crippen LogP contribution in [0.3, 0.4) is 0 Å². The van der Waals surface area contributed by atoms with Crippen molar-refractivity contribution in [2.24, 2.45) is 5.92 Å². The van der Waals surface area contributed by atoms with E-state index in [4.69, 9.17) is 4.74 Å². The van der Waals surface area contributed by atoms with E-state index in [-0.39, 0.29) is 0 Å². The van der Waals surface area contributed by atoms with Crippen molar-refractivity contribution in [1.29, 1.82) is 0 Å². The van der Waals surface area contributed by atoms with Gasteiger partial charge in [0.1, 0.15) is 11.6 Å². The molecule has 4 heteroatoms. The maximum atomic E-state index is 5.25. The first-order valence-electron chi connectivity index (χ1n) is 6.23. The number of methoxy groups -OCH3 is 1. The van der Waals surface area contributed by atoms with Crippen LogP contribution in [0.1, 0.15) is 32.1 Å². The first-order valence-corrected chi connectivity index (χ1v) is 7.02. The Morgan fingerprint density at radius 3 is 2.88 bits per heavy atom. The SMILES string of the molecule is COc1cc(NCC2CCCCC2)ncc1Br. The third-order valence-corrected chi connectivity index (χ3v) is 3.93. The molecular formula is C13H19BrN2O. The fourth-order valence-corrected chi connectivity index (χ4v) is 2.69. The molecule has 0 saturated heterocycles. The minimum Gasteiger partial charge on any atom is -0.495 e. The molecule has 0 aliphatic heterocycles. The van der Waals surface area contributed by atoms with Crippen LogP contribution in [0.2, 0.25) is 0 Å². The second-order valence-electron chi connectivity index (χ2n) is 4.59. The molecule has 0 unspecified atom stereocenters. The first-order chi connectivity index (χ1) is 8.29. The predicted octanol–water partition coefficient (Wildman–Crippen LogP) is 3.84. The van der Waals surface area contributed by atoms with E-state index in [0.717, 1.165) is 28.5 Å². The number of aromatic nitrogens is 1. The van der Waals surface area contributed by atoms with Gasteiger partial charge in [-0.25, -0.2) is 4.98 Å². The van der Waals surface area contributed by atoms with Gasteiger partial charge in [-0.15, -0.1) is 0 Å². The molecule has 1 aliphatic rings. The van der Waals surface area contributed by atoms with Gasteiger partial charge < -0.3 is 10.1 Å². The Bertz CT molecular complexity index is 364. The molecule has 1 N–H and O–H groups in total. The molecule has 0 spiro atoms. The van der Waals surface area contributed by atoms with Crippen LogP contribution in [-0.4, -0.2) is 18.6 Å². The summed E-state index contributed by atoms with van der Waals surface area (Å²) in [4.78, 5) is 4.33. The zero-order valence-electron chi connectivity index (χ0n) is 10.2. The number of pyridine rings is 1. The van der Waals surface area contributed by atoms with E-state index < -0.39 is 0 Å². The number of nitrogens with zero attached hydrogens (tertiary/aromatic N) is 1. The number of halogens is 1. The summed E-state index contributed by atoms with van der Waals surface area (Å²) in [7, 11) is 1.67. The van der Waals surface area contributed by atoms with Crippen LogP contribution in [0.25, 0.3) is 0 Å². The van der Waals surface area contributed by atoms with E-state index in [0.29, 0.717) is 0 Å². The minimum atomic E-state index is 0.806. The highest BCUT2D eigenvalue weighted by Crippen LogP contribution is 2.27. The number of hydrogen-bond donors (Lipinski definition) is 1. The predicted molar refractivity (Wildman–Crippen MR) is 73.6 cm³/mol. The molecule has 94 valence electrons. The number of ether oxygens (including phenoxy) is 1. The summed E-state index contributed by atoms with van der Waals surface area (Å²) in [5, 5.41) is 3.40. The fraction of sp³-hybridized carbons (Fsp3) is 0.615. The minimum absolute atomic E-state index is 0.806. The molecule has 0 amide bonds. The van der Waals surface area contributed by atoms with E-state index in [2.05, 4.69) is 26.2 Å². The van der Waals surface area contributed by atoms with E-state index in [1.807, 2.05) is 6.07 Å². The van der Waals surface area contributed by atoms with Gasteiger partial charge in [-0.1, -0.05) is 19.3 Å². The summed E-state index contributed by atoms with van der Waals surface area (Å²) in [6.07, 6.45) is 8.64. The standard InChI is InChI=1S/C13H19BrN2O/c1-17-12-7-13(16-9-11(12)14)15-8-10-5-3-2-4-6-10/h7,9-10H,2-6,8H2,1H3,(H,15,16). The third-order valence-electron chi connectivity index (χ3n) is 3.34. The van der Waals surface area contributed by atoms with E-state index >= 15 is 0 Å². The van der Waals surface area contributed by atoms with Crippen LogP contribution in [0, 0.1) is 5.92 Å². The second kappa shape index (κ2) is 6.24. The van der Waals surface area contributed by atoms with Crippen LogP contribution in [0.5, 0.6) is 5.75 Å². The lowest BCUT2D eigenvalue weighted by molar-refractivity contribution is 0.373. The van der Waals surface area contributed by atoms with Crippen molar-refractivity contribution in [3.8, 4) is 5.75 Å². The lowest BCUT2D eigenvalue weighted by atomic mass is 9.89. The Balaban J connectivity index is 1.89. The molecule has 17 heavy (non-hydrogen) atoms. The van der Waals surface area contributed by atoms with Crippen LogP contribution < -0.4 is 10.1 Å². The van der Waals surface area contributed by atoms with Crippen LogP contribution in [-0.2, 0) is 0 Å². The topological polar surface area (TPSA) is 34.1 Å². The third kappa shape index (κ3) is 3.60. The molecule has 1 aromatic rings. The smallest absolute Gasteiger partial charge is 0.138 e. The Morgan fingerprint density at radius 2 is 2.18 bits per heavy atom. The molecule has 1 aliphatic carbocycles. The molecule has 3 nitrogen and oxygen atoms in total. The van der Waals surface area contributed by atoms with E-state index in [9.17, 15) is 0 Å². The normalized spacial score (nSPS) is 16.8. The number of anilines is 1. The average molecular weight is 299 g/mol. The molecule has 1 fully saturated rings. The monoisotopic (exact) mass is 298 g/mol. The van der Waals surface area contributed by atoms with Gasteiger partial charge in [-0.05, 0) is 34.7 Å². The van der Waals surface area contributed by atoms with Crippen molar-refractivity contribution in [2.45, 2.75) is 32.1 Å². The number of hydrogen-bond acceptors (Lipinski definition) is 3. The van der Waals surface area contributed by atoms with E-state index in [1.165, 1.54) is 32.1 Å². The van der Waals surface area contributed by atoms with Crippen molar-refractivity contribution in [2.75, 3.05) is 19.0 Å². The Kier molecular flexibility index (Phi) is 4.66. The van der Waals surface area contributed by atoms with Crippen molar-refractivity contribution in [1.82, 2.24) is 4.98 Å². The van der Waals surface area contributed by atoms with Gasteiger partial charge >= 0.3 is 0 Å². The Morgan fingerprint density at radius 1 is 1.41 bits per heavy atom. The fourth-order valence-electron chi connectivity index (χ4n) is 2.31. The summed E-state index contributed by atoms with van der Waals surface area (Å²) in [5.74, 6) is 2.53. The molecular weight excluding hydrogens is 280 g/mol. The lowest BCUT2D eigenvalue weighted by Gasteiger charge is -2.22. The van der Waals surface area contributed by atoms with Gasteiger partial charge in [-0.3, -0.25) is 0 Å². The molecule has 2 rings (SSSR count). The molecule has 1 aromatic heterocycles. The first kappa shape index (κ1) is 12.7. The molecule has 0 aromatic carbocycles. The highest BCUT2D eigenvalue weighted by atomic mass is 79.9. The Hall–Kier alpha value is -0.770. The summed E-state index contributed by atoms with van der Waals surface area (Å²) >= 11 is 3.40. The van der Waals surface area contributed by atoms with E-state index in [1.54, 1.807) is 13.3 Å². The largest absolute Gasteiger partial charge is 0.495 e. The van der Waals surface area contributed by atoms with Gasteiger partial charge in [-0.2, -0.15) is 0 Å². The zero-order valence-corrected chi connectivity index (χ0v) is 11.8. The van der Waals surface area contributed by atoms with Crippen LogP contribution >= 0.6 is 15.9 Å². The van der Waals surface area contributed by atoms with Gasteiger partial charge in [0.2, 0.25) is 0 Å². The molecule has 1 saturated carbocycles. The maximum Gasteiger partial charge on any atom is 0.138 e. The van der Waals surface area contributed by atoms with Crippen LogP contribution in [0.4, 0.5) is 5.82 Å². The van der Waals surface area contributed by atoms with Crippen molar-refractivity contribution in [3.63, 3.8) is 0 Å². The second-order valence-corrected chi connectivity index (χ2v) is 5.44. The van der Waals surface area contributed by atoms with Gasteiger partial charge in [0.05, 0.1) is 11.6 Å². The summed E-state index contributed by atoms with van der Waals surface area (Å²) in [6.45, 7) is 1.03. The Labute approximate surface area is 111 Å². The number of nitrogens with one attached hydrogen (secondary N) is 1. The molecule has 0 radical (unpaired) electrons. The highest BCUT2D eigenvalue weighted by Gasteiger charge is 2.13. The van der Waals surface area contributed by atoms with Gasteiger partial charge in [0, 0.05) is 18.8 Å². The van der Waals surface area contributed by atoms with Crippen molar-refractivity contribution >= 4 is 21.7 Å². The maximum absolute atomic E-state index is 5.25. The molecule has 0 bridgehead atoms. The van der Waals surface area contributed by atoms with Gasteiger partial charge in [0.25, 0.3) is 0 Å². The van der Waals surface area contributed by atoms with Crippen molar-refractivity contribution in [3.05, 3.63) is 16.7 Å². The average Bonchev–Trinajstić information content (AvgIpc) is 2.39. The summed E-state index contributed by atoms with van der Waals surface area (Å²) in [6, 6.07) is 1.94. The van der Waals surface area contributed by atoms with Crippen LogP contribution in [0.15, 0.2) is 16.7 Å². The molecule has 0 atom stereocenters. The molecule has 1 heterocycles. The zero-order chi connectivity index (χ0) is 12.1. The van der Waals surface area contributed by atoms with Gasteiger partial charge in [0.15, 0.2) is 0 Å². The number of rotatable bonds is 4. The highest BCUT2D eigenvalue weighted by molar-refractivity contribution is 9.10. The lowest BCUT2D eigenvalue weighted by Crippen LogP contribution is -2.17. The summed E-state index contributed by atoms with van der Waals surface area (Å²) < 4.78 is 6.14.